The number of nitrogens with zero attached hydrogens (tertiary/aromatic N) is 2. The highest BCUT2D eigenvalue weighted by Crippen LogP contribution is 2.29. The third kappa shape index (κ3) is 7.36. The van der Waals surface area contributed by atoms with Crippen LogP contribution in [0.1, 0.15) is 24.0 Å². The highest BCUT2D eigenvalue weighted by atomic mass is 19.1. The predicted octanol–water partition coefficient (Wildman–Crippen LogP) is 2.44. The molecule has 2 fully saturated rings. The van der Waals surface area contributed by atoms with Crippen LogP contribution in [0.15, 0.2) is 54.6 Å². The summed E-state index contributed by atoms with van der Waals surface area (Å²) >= 11 is 0. The summed E-state index contributed by atoms with van der Waals surface area (Å²) in [7, 11) is 0. The van der Waals surface area contributed by atoms with Gasteiger partial charge in [-0.1, -0.05) is 24.3 Å². The van der Waals surface area contributed by atoms with Gasteiger partial charge in [0.05, 0.1) is 6.54 Å². The molecule has 3 aliphatic heterocycles. The van der Waals surface area contributed by atoms with Gasteiger partial charge in [-0.15, -0.1) is 0 Å². The highest BCUT2D eigenvalue weighted by molar-refractivity contribution is 5.79. The van der Waals surface area contributed by atoms with Crippen molar-refractivity contribution in [3.05, 3.63) is 71.6 Å². The Kier molecular flexibility index (Phi) is 9.11. The average Bonchev–Trinajstić information content (AvgIpc) is 2.97. The zero-order valence-corrected chi connectivity index (χ0v) is 22.3. The third-order valence-corrected chi connectivity index (χ3v) is 7.85. The standard InChI is InChI=1S/C30H38FN5O3/c31-26-5-3-22(4-6-26)18-34-29(37)17-23-9-12-36-21-24(23)2-1-15-39-28-8-7-27(35-13-10-32-11-14-35)16-25(28)19-33-20-30(36)38/h1-8,16,23-24,32-33H,9-15,17-21H2,(H,34,37)/b2-1+/t23-,24-/m0/s1. The van der Waals surface area contributed by atoms with Gasteiger partial charge in [0, 0.05) is 70.0 Å². The van der Waals surface area contributed by atoms with Crippen molar-refractivity contribution in [2.24, 2.45) is 11.8 Å². The minimum atomic E-state index is -0.293. The number of ether oxygens (including phenoxy) is 1. The largest absolute Gasteiger partial charge is 0.489 e. The Balaban J connectivity index is 1.23. The maximum absolute atomic E-state index is 13.1. The molecule has 3 N–H and O–H groups in total. The van der Waals surface area contributed by atoms with Crippen LogP contribution < -0.4 is 25.6 Å². The second kappa shape index (κ2) is 13.1. The van der Waals surface area contributed by atoms with E-state index in [1.807, 2.05) is 17.0 Å². The van der Waals surface area contributed by atoms with Crippen molar-refractivity contribution >= 4 is 17.5 Å². The monoisotopic (exact) mass is 535 g/mol. The number of carbonyl (C=O) groups excluding carboxylic acids is 2. The van der Waals surface area contributed by atoms with E-state index in [0.717, 1.165) is 49.5 Å². The molecule has 9 heteroatoms. The van der Waals surface area contributed by atoms with Gasteiger partial charge in [0.25, 0.3) is 0 Å². The van der Waals surface area contributed by atoms with E-state index in [4.69, 9.17) is 4.74 Å². The zero-order chi connectivity index (χ0) is 27.0. The first-order valence-corrected chi connectivity index (χ1v) is 13.9. The molecule has 2 amide bonds. The van der Waals surface area contributed by atoms with E-state index in [1.165, 1.54) is 17.8 Å². The van der Waals surface area contributed by atoms with Gasteiger partial charge in [-0.05, 0) is 54.2 Å². The van der Waals surface area contributed by atoms with Gasteiger partial charge in [0.1, 0.15) is 18.2 Å². The number of anilines is 1. The molecule has 0 spiro atoms. The van der Waals surface area contributed by atoms with E-state index in [1.54, 1.807) is 12.1 Å². The fourth-order valence-electron chi connectivity index (χ4n) is 5.59. The van der Waals surface area contributed by atoms with E-state index < -0.39 is 0 Å². The maximum atomic E-state index is 13.1. The van der Waals surface area contributed by atoms with Crippen LogP contribution in [0.5, 0.6) is 5.75 Å². The highest BCUT2D eigenvalue weighted by Gasteiger charge is 2.31. The number of amides is 2. The molecule has 5 rings (SSSR count). The second-order valence-electron chi connectivity index (χ2n) is 10.5. The Labute approximate surface area is 229 Å². The van der Waals surface area contributed by atoms with E-state index in [2.05, 4.69) is 39.1 Å². The van der Waals surface area contributed by atoms with Gasteiger partial charge >= 0.3 is 0 Å². The van der Waals surface area contributed by atoms with Gasteiger partial charge < -0.3 is 30.5 Å². The molecule has 0 aromatic heterocycles. The van der Waals surface area contributed by atoms with E-state index in [9.17, 15) is 14.0 Å². The molecule has 2 atom stereocenters. The summed E-state index contributed by atoms with van der Waals surface area (Å²) in [5.41, 5.74) is 3.07. The lowest BCUT2D eigenvalue weighted by Crippen LogP contribution is -2.47. The summed E-state index contributed by atoms with van der Waals surface area (Å²) in [6.45, 7) is 6.72. The molecule has 0 radical (unpaired) electrons. The van der Waals surface area contributed by atoms with E-state index in [-0.39, 0.29) is 36.0 Å². The van der Waals surface area contributed by atoms with Crippen LogP contribution in [0.4, 0.5) is 10.1 Å². The van der Waals surface area contributed by atoms with Crippen LogP contribution in [0.25, 0.3) is 0 Å². The molecule has 2 bridgehead atoms. The number of piperidine rings is 1. The molecule has 2 aromatic carbocycles. The number of nitrogens with one attached hydrogen (secondary N) is 3. The fourth-order valence-corrected chi connectivity index (χ4v) is 5.59. The first kappa shape index (κ1) is 27.1. The van der Waals surface area contributed by atoms with Crippen molar-refractivity contribution < 1.29 is 18.7 Å². The van der Waals surface area contributed by atoms with Crippen molar-refractivity contribution in [3.8, 4) is 5.75 Å². The topological polar surface area (TPSA) is 85.9 Å². The summed E-state index contributed by atoms with van der Waals surface area (Å²) in [4.78, 5) is 30.1. The molecule has 208 valence electrons. The summed E-state index contributed by atoms with van der Waals surface area (Å²) in [6, 6.07) is 12.4. The first-order chi connectivity index (χ1) is 19.0. The zero-order valence-electron chi connectivity index (χ0n) is 22.3. The van der Waals surface area contributed by atoms with Crippen molar-refractivity contribution in [2.75, 3.05) is 57.3 Å². The lowest BCUT2D eigenvalue weighted by molar-refractivity contribution is -0.132. The number of halogens is 1. The number of fused-ring (bicyclic) bond motifs is 3. The number of hydrogen-bond donors (Lipinski definition) is 3. The summed E-state index contributed by atoms with van der Waals surface area (Å²) in [6.07, 6.45) is 5.27. The average molecular weight is 536 g/mol. The lowest BCUT2D eigenvalue weighted by atomic mass is 9.82. The molecule has 0 aliphatic carbocycles. The Hall–Kier alpha value is -3.43. The van der Waals surface area contributed by atoms with Gasteiger partial charge in [-0.2, -0.15) is 0 Å². The molecule has 3 heterocycles. The summed E-state index contributed by atoms with van der Waals surface area (Å²) < 4.78 is 19.3. The molecule has 2 aromatic rings. The van der Waals surface area contributed by atoms with Gasteiger partial charge in [-0.3, -0.25) is 9.59 Å². The first-order valence-electron chi connectivity index (χ1n) is 13.9. The van der Waals surface area contributed by atoms with Gasteiger partial charge in [0.2, 0.25) is 11.8 Å². The van der Waals surface area contributed by atoms with Crippen LogP contribution in [0.2, 0.25) is 0 Å². The molecule has 0 saturated carbocycles. The Morgan fingerprint density at radius 1 is 1.03 bits per heavy atom. The summed E-state index contributed by atoms with van der Waals surface area (Å²) in [5, 5.41) is 9.68. The molecular formula is C30H38FN5O3. The molecular weight excluding hydrogens is 497 g/mol. The molecule has 3 aliphatic rings. The molecule has 2 saturated heterocycles. The van der Waals surface area contributed by atoms with Crippen molar-refractivity contribution in [2.45, 2.75) is 25.9 Å². The smallest absolute Gasteiger partial charge is 0.236 e. The Morgan fingerprint density at radius 3 is 2.67 bits per heavy atom. The van der Waals surface area contributed by atoms with Crippen LogP contribution in [-0.4, -0.2) is 69.1 Å². The SMILES string of the molecule is O=C(C[C@@H]1CCN2C[C@@H]1/C=C/COc1ccc(N3CCNCC3)cc1CNCC2=O)NCc1ccc(F)cc1. The number of rotatable bonds is 5. The molecule has 39 heavy (non-hydrogen) atoms. The van der Waals surface area contributed by atoms with Crippen LogP contribution in [-0.2, 0) is 22.7 Å². The quantitative estimate of drug-likeness (QED) is 0.510. The molecule has 8 nitrogen and oxygen atoms in total. The number of piperazine rings is 1. The van der Waals surface area contributed by atoms with Crippen LogP contribution in [0, 0.1) is 17.7 Å². The minimum Gasteiger partial charge on any atom is -0.489 e. The summed E-state index contributed by atoms with van der Waals surface area (Å²) in [5.74, 6) is 0.764. The van der Waals surface area contributed by atoms with Crippen molar-refractivity contribution in [3.63, 3.8) is 0 Å². The van der Waals surface area contributed by atoms with E-state index >= 15 is 0 Å². The number of benzene rings is 2. The predicted molar refractivity (Wildman–Crippen MR) is 149 cm³/mol. The van der Waals surface area contributed by atoms with Crippen molar-refractivity contribution in [1.82, 2.24) is 20.9 Å². The van der Waals surface area contributed by atoms with Gasteiger partial charge in [-0.25, -0.2) is 4.39 Å². The normalized spacial score (nSPS) is 22.9. The Morgan fingerprint density at radius 2 is 1.85 bits per heavy atom. The third-order valence-electron chi connectivity index (χ3n) is 7.85. The second-order valence-corrected chi connectivity index (χ2v) is 10.5. The lowest BCUT2D eigenvalue weighted by Gasteiger charge is -2.37. The van der Waals surface area contributed by atoms with Crippen LogP contribution in [0.3, 0.4) is 0 Å². The Bertz CT molecular complexity index is 1170. The molecule has 0 unspecified atom stereocenters. The van der Waals surface area contributed by atoms with E-state index in [0.29, 0.717) is 39.2 Å². The number of hydrogen-bond acceptors (Lipinski definition) is 6. The fraction of sp³-hybridized carbons (Fsp3) is 0.467. The maximum Gasteiger partial charge on any atom is 0.236 e. The van der Waals surface area contributed by atoms with Gasteiger partial charge in [0.15, 0.2) is 0 Å². The minimum absolute atomic E-state index is 0.0347. The van der Waals surface area contributed by atoms with Crippen LogP contribution >= 0.6 is 0 Å². The number of carbonyl (C=O) groups is 2. The van der Waals surface area contributed by atoms with Crippen molar-refractivity contribution in [1.29, 1.82) is 0 Å².